The summed E-state index contributed by atoms with van der Waals surface area (Å²) in [5.74, 6) is 0.827. The van der Waals surface area contributed by atoms with Crippen LogP contribution in [0.4, 0.5) is 0 Å². The molecule has 1 atom stereocenters. The summed E-state index contributed by atoms with van der Waals surface area (Å²) in [7, 11) is 2.22. The van der Waals surface area contributed by atoms with Crippen molar-refractivity contribution in [3.8, 4) is 0 Å². The molecule has 0 aliphatic carbocycles. The molecular formula is C13H26N2O. The average molecular weight is 226 g/mol. The highest BCUT2D eigenvalue weighted by Crippen LogP contribution is 2.45. The van der Waals surface area contributed by atoms with Crippen LogP contribution >= 0.6 is 0 Å². The maximum atomic E-state index is 6.10. The quantitative estimate of drug-likeness (QED) is 0.789. The Balaban J connectivity index is 1.92. The minimum Gasteiger partial charge on any atom is -0.380 e. The van der Waals surface area contributed by atoms with Crippen molar-refractivity contribution < 1.29 is 4.74 Å². The molecule has 1 unspecified atom stereocenters. The van der Waals surface area contributed by atoms with Crippen molar-refractivity contribution in [1.82, 2.24) is 4.90 Å². The Labute approximate surface area is 99.3 Å². The first-order valence-corrected chi connectivity index (χ1v) is 6.47. The van der Waals surface area contributed by atoms with Gasteiger partial charge in [-0.25, -0.2) is 0 Å². The summed E-state index contributed by atoms with van der Waals surface area (Å²) in [5.41, 5.74) is 6.51. The van der Waals surface area contributed by atoms with E-state index in [1.807, 2.05) is 0 Å². The van der Waals surface area contributed by atoms with Crippen LogP contribution in [0.5, 0.6) is 0 Å². The second-order valence-electron chi connectivity index (χ2n) is 6.59. The number of nitrogens with zero attached hydrogens (tertiary/aromatic N) is 1. The van der Waals surface area contributed by atoms with E-state index in [2.05, 4.69) is 25.8 Å². The Kier molecular flexibility index (Phi) is 3.30. The fourth-order valence-electron chi connectivity index (χ4n) is 2.95. The van der Waals surface area contributed by atoms with E-state index >= 15 is 0 Å². The lowest BCUT2D eigenvalue weighted by Gasteiger charge is -2.47. The number of rotatable bonds is 4. The van der Waals surface area contributed by atoms with Gasteiger partial charge in [0, 0.05) is 17.5 Å². The smallest absolute Gasteiger partial charge is 0.0547 e. The average Bonchev–Trinajstić information content (AvgIpc) is 2.48. The highest BCUT2D eigenvalue weighted by Gasteiger charge is 2.47. The topological polar surface area (TPSA) is 38.5 Å². The van der Waals surface area contributed by atoms with Crippen LogP contribution in [0.1, 0.15) is 33.1 Å². The minimum absolute atomic E-state index is 0.0346. The molecule has 2 rings (SSSR count). The second-order valence-corrected chi connectivity index (χ2v) is 6.59. The van der Waals surface area contributed by atoms with E-state index in [-0.39, 0.29) is 5.54 Å². The van der Waals surface area contributed by atoms with Crippen molar-refractivity contribution in [2.75, 3.05) is 33.4 Å². The van der Waals surface area contributed by atoms with Crippen molar-refractivity contribution in [2.24, 2.45) is 17.1 Å². The first-order valence-electron chi connectivity index (χ1n) is 6.47. The highest BCUT2D eigenvalue weighted by molar-refractivity contribution is 4.96. The molecule has 3 heteroatoms. The van der Waals surface area contributed by atoms with Gasteiger partial charge in [0.2, 0.25) is 0 Å². The predicted molar refractivity (Wildman–Crippen MR) is 66.4 cm³/mol. The molecule has 2 N–H and O–H groups in total. The van der Waals surface area contributed by atoms with Gasteiger partial charge in [0.05, 0.1) is 13.2 Å². The number of likely N-dealkylation sites (tertiary alicyclic amines) is 1. The zero-order valence-electron chi connectivity index (χ0n) is 11.0. The van der Waals surface area contributed by atoms with Crippen LogP contribution in [-0.4, -0.2) is 43.8 Å². The Morgan fingerprint density at radius 1 is 1.44 bits per heavy atom. The maximum absolute atomic E-state index is 6.10. The molecule has 0 saturated carbocycles. The van der Waals surface area contributed by atoms with Gasteiger partial charge in [0.1, 0.15) is 0 Å². The van der Waals surface area contributed by atoms with E-state index in [0.29, 0.717) is 5.41 Å². The van der Waals surface area contributed by atoms with Crippen molar-refractivity contribution in [2.45, 2.75) is 38.6 Å². The van der Waals surface area contributed by atoms with Crippen LogP contribution < -0.4 is 5.73 Å². The largest absolute Gasteiger partial charge is 0.380 e. The van der Waals surface area contributed by atoms with Crippen molar-refractivity contribution in [3.05, 3.63) is 0 Å². The Hall–Kier alpha value is -0.120. The van der Waals surface area contributed by atoms with E-state index in [1.54, 1.807) is 0 Å². The normalized spacial score (nSPS) is 30.4. The fraction of sp³-hybridized carbons (Fsp3) is 1.00. The molecule has 2 aliphatic heterocycles. The third kappa shape index (κ3) is 2.58. The minimum atomic E-state index is -0.0346. The van der Waals surface area contributed by atoms with E-state index in [0.717, 1.165) is 25.6 Å². The predicted octanol–water partition coefficient (Wildman–Crippen LogP) is 1.47. The zero-order valence-corrected chi connectivity index (χ0v) is 11.0. The summed E-state index contributed by atoms with van der Waals surface area (Å²) in [5, 5.41) is 0. The van der Waals surface area contributed by atoms with Gasteiger partial charge in [-0.1, -0.05) is 0 Å². The molecule has 0 aromatic rings. The van der Waals surface area contributed by atoms with Crippen LogP contribution in [0.25, 0.3) is 0 Å². The Bertz CT molecular complexity index is 243. The summed E-state index contributed by atoms with van der Waals surface area (Å²) >= 11 is 0. The molecule has 2 saturated heterocycles. The van der Waals surface area contributed by atoms with Crippen LogP contribution in [-0.2, 0) is 4.74 Å². The number of ether oxygens (including phenoxy) is 1. The molecule has 0 aromatic carbocycles. The Morgan fingerprint density at radius 3 is 2.50 bits per heavy atom. The monoisotopic (exact) mass is 226 g/mol. The summed E-state index contributed by atoms with van der Waals surface area (Å²) < 4.78 is 5.49. The van der Waals surface area contributed by atoms with Gasteiger partial charge >= 0.3 is 0 Å². The second kappa shape index (κ2) is 4.28. The summed E-state index contributed by atoms with van der Waals surface area (Å²) in [6.07, 6.45) is 3.68. The van der Waals surface area contributed by atoms with Gasteiger partial charge < -0.3 is 15.4 Å². The third-order valence-electron chi connectivity index (χ3n) is 4.30. The lowest BCUT2D eigenvalue weighted by molar-refractivity contribution is -0.149. The first-order chi connectivity index (χ1) is 7.41. The Morgan fingerprint density at radius 2 is 2.12 bits per heavy atom. The van der Waals surface area contributed by atoms with Crippen LogP contribution in [0.15, 0.2) is 0 Å². The van der Waals surface area contributed by atoms with Gasteiger partial charge in [0.25, 0.3) is 0 Å². The maximum Gasteiger partial charge on any atom is 0.0547 e. The molecule has 0 amide bonds. The van der Waals surface area contributed by atoms with Crippen LogP contribution in [0.3, 0.4) is 0 Å². The summed E-state index contributed by atoms with van der Waals surface area (Å²) in [4.78, 5) is 2.44. The molecular weight excluding hydrogens is 200 g/mol. The molecule has 2 fully saturated rings. The van der Waals surface area contributed by atoms with Gasteiger partial charge in [-0.05, 0) is 52.6 Å². The molecule has 0 aromatic heterocycles. The van der Waals surface area contributed by atoms with Crippen LogP contribution in [0, 0.1) is 11.3 Å². The number of hydrogen-bond donors (Lipinski definition) is 1. The lowest BCUT2D eigenvalue weighted by atomic mass is 9.68. The van der Waals surface area contributed by atoms with E-state index in [9.17, 15) is 0 Å². The molecule has 3 nitrogen and oxygen atoms in total. The molecule has 94 valence electrons. The van der Waals surface area contributed by atoms with E-state index in [4.69, 9.17) is 10.5 Å². The van der Waals surface area contributed by atoms with Crippen molar-refractivity contribution in [3.63, 3.8) is 0 Å². The van der Waals surface area contributed by atoms with Gasteiger partial charge in [-0.2, -0.15) is 0 Å². The fourth-order valence-corrected chi connectivity index (χ4v) is 2.95. The molecule has 0 bridgehead atoms. The SMILES string of the molecule is CN1CCC(C2(CCC(C)(C)N)COC2)C1. The van der Waals surface area contributed by atoms with E-state index < -0.39 is 0 Å². The number of hydrogen-bond acceptors (Lipinski definition) is 3. The van der Waals surface area contributed by atoms with E-state index in [1.165, 1.54) is 25.9 Å². The zero-order chi connectivity index (χ0) is 11.8. The molecule has 16 heavy (non-hydrogen) atoms. The summed E-state index contributed by atoms with van der Waals surface area (Å²) in [6, 6.07) is 0. The lowest BCUT2D eigenvalue weighted by Crippen LogP contribution is -2.50. The van der Waals surface area contributed by atoms with Gasteiger partial charge in [-0.15, -0.1) is 0 Å². The van der Waals surface area contributed by atoms with Gasteiger partial charge in [-0.3, -0.25) is 0 Å². The first kappa shape index (κ1) is 12.3. The highest BCUT2D eigenvalue weighted by atomic mass is 16.5. The van der Waals surface area contributed by atoms with Gasteiger partial charge in [0.15, 0.2) is 0 Å². The van der Waals surface area contributed by atoms with Crippen molar-refractivity contribution in [1.29, 1.82) is 0 Å². The molecule has 0 radical (unpaired) electrons. The molecule has 0 spiro atoms. The molecule has 2 heterocycles. The molecule has 2 aliphatic rings. The van der Waals surface area contributed by atoms with Crippen LogP contribution in [0.2, 0.25) is 0 Å². The van der Waals surface area contributed by atoms with Crippen molar-refractivity contribution >= 4 is 0 Å². The summed E-state index contributed by atoms with van der Waals surface area (Å²) in [6.45, 7) is 8.66. The third-order valence-corrected chi connectivity index (χ3v) is 4.30. The standard InChI is InChI=1S/C13H26N2O/c1-12(2,14)5-6-13(9-16-10-13)11-4-7-15(3)8-11/h11H,4-10,14H2,1-3H3. The number of nitrogens with two attached hydrogens (primary N) is 1.